The van der Waals surface area contributed by atoms with E-state index in [9.17, 15) is 9.18 Å². The minimum atomic E-state index is -0.313. The predicted molar refractivity (Wildman–Crippen MR) is 80.7 cm³/mol. The van der Waals surface area contributed by atoms with Gasteiger partial charge in [-0.2, -0.15) is 0 Å². The molecule has 4 heteroatoms. The molecule has 102 valence electrons. The molecule has 0 N–H and O–H groups in total. The van der Waals surface area contributed by atoms with E-state index >= 15 is 0 Å². The van der Waals surface area contributed by atoms with Crippen molar-refractivity contribution >= 4 is 27.5 Å². The van der Waals surface area contributed by atoms with Crippen LogP contribution in [0.5, 0.6) is 0 Å². The van der Waals surface area contributed by atoms with E-state index in [0.717, 1.165) is 22.0 Å². The van der Waals surface area contributed by atoms with Gasteiger partial charge >= 0.3 is 0 Å². The predicted octanol–water partition coefficient (Wildman–Crippen LogP) is 4.10. The van der Waals surface area contributed by atoms with E-state index in [1.165, 1.54) is 12.1 Å². The molecule has 3 rings (SSSR count). The number of fused-ring (bicyclic) bond motifs is 1. The molecule has 1 heterocycles. The molecule has 20 heavy (non-hydrogen) atoms. The van der Waals surface area contributed by atoms with Gasteiger partial charge in [0.25, 0.3) is 5.91 Å². The molecule has 0 saturated heterocycles. The quantitative estimate of drug-likeness (QED) is 0.769. The van der Waals surface area contributed by atoms with Crippen LogP contribution >= 0.6 is 15.9 Å². The molecule has 2 nitrogen and oxygen atoms in total. The highest BCUT2D eigenvalue weighted by Crippen LogP contribution is 2.31. The molecule has 0 radical (unpaired) electrons. The lowest BCUT2D eigenvalue weighted by atomic mass is 10.1. The Morgan fingerprint density at radius 2 is 2.05 bits per heavy atom. The Morgan fingerprint density at radius 1 is 1.25 bits per heavy atom. The lowest BCUT2D eigenvalue weighted by Gasteiger charge is -2.18. The van der Waals surface area contributed by atoms with E-state index in [0.29, 0.717) is 17.8 Å². The lowest BCUT2D eigenvalue weighted by molar-refractivity contribution is 0.0988. The average Bonchev–Trinajstić information content (AvgIpc) is 2.83. The number of halogens is 2. The zero-order valence-corrected chi connectivity index (χ0v) is 12.6. The van der Waals surface area contributed by atoms with Gasteiger partial charge in [-0.25, -0.2) is 4.39 Å². The van der Waals surface area contributed by atoms with Crippen LogP contribution in [0.15, 0.2) is 40.9 Å². The monoisotopic (exact) mass is 333 g/mol. The van der Waals surface area contributed by atoms with Crippen LogP contribution in [-0.4, -0.2) is 12.5 Å². The van der Waals surface area contributed by atoms with Gasteiger partial charge in [0.1, 0.15) is 5.82 Å². The van der Waals surface area contributed by atoms with Crippen LogP contribution in [-0.2, 0) is 6.42 Å². The van der Waals surface area contributed by atoms with Gasteiger partial charge in [-0.15, -0.1) is 0 Å². The third-order valence-corrected chi connectivity index (χ3v) is 4.23. The Labute approximate surface area is 125 Å². The summed E-state index contributed by atoms with van der Waals surface area (Å²) in [6, 6.07) is 10.3. The number of hydrogen-bond donors (Lipinski definition) is 0. The summed E-state index contributed by atoms with van der Waals surface area (Å²) in [4.78, 5) is 14.3. The first kappa shape index (κ1) is 13.3. The number of carbonyl (C=O) groups is 1. The number of hydrogen-bond acceptors (Lipinski definition) is 1. The molecular formula is C16H13BrFNO. The van der Waals surface area contributed by atoms with E-state index in [1.54, 1.807) is 11.0 Å². The Bertz CT molecular complexity index is 699. The maximum Gasteiger partial charge on any atom is 0.259 e. The molecule has 0 fully saturated rings. The zero-order chi connectivity index (χ0) is 14.3. The van der Waals surface area contributed by atoms with Crippen molar-refractivity contribution in [3.63, 3.8) is 0 Å². The second-order valence-corrected chi connectivity index (χ2v) is 5.82. The van der Waals surface area contributed by atoms with Gasteiger partial charge in [0.2, 0.25) is 0 Å². The molecule has 0 aliphatic carbocycles. The fraction of sp³-hybridized carbons (Fsp3) is 0.188. The van der Waals surface area contributed by atoms with Crippen molar-refractivity contribution in [1.82, 2.24) is 0 Å². The maximum absolute atomic E-state index is 13.4. The Balaban J connectivity index is 2.01. The molecule has 2 aromatic carbocycles. The first-order valence-electron chi connectivity index (χ1n) is 6.43. The summed E-state index contributed by atoms with van der Waals surface area (Å²) in [6.07, 6.45) is 0.769. The van der Waals surface area contributed by atoms with Gasteiger partial charge in [-0.1, -0.05) is 17.7 Å². The second-order valence-electron chi connectivity index (χ2n) is 4.96. The molecule has 0 unspecified atom stereocenters. The van der Waals surface area contributed by atoms with Crippen LogP contribution in [0, 0.1) is 12.7 Å². The minimum Gasteiger partial charge on any atom is -0.308 e. The van der Waals surface area contributed by atoms with Crippen molar-refractivity contribution in [3.05, 3.63) is 63.4 Å². The van der Waals surface area contributed by atoms with Gasteiger partial charge in [0.15, 0.2) is 0 Å². The Kier molecular flexibility index (Phi) is 3.34. The molecule has 2 aromatic rings. The average molecular weight is 334 g/mol. The summed E-state index contributed by atoms with van der Waals surface area (Å²) in [5.41, 5.74) is 3.34. The number of aryl methyl sites for hydroxylation is 1. The normalized spacial score (nSPS) is 13.4. The highest BCUT2D eigenvalue weighted by molar-refractivity contribution is 9.10. The molecule has 1 aliphatic rings. The summed E-state index contributed by atoms with van der Waals surface area (Å²) < 4.78 is 14.2. The smallest absolute Gasteiger partial charge is 0.259 e. The third kappa shape index (κ3) is 2.24. The van der Waals surface area contributed by atoms with Gasteiger partial charge in [0, 0.05) is 11.0 Å². The SMILES string of the molecule is Cc1ccc(Br)c(C(=O)N2CCc3ccc(F)cc32)c1. The van der Waals surface area contributed by atoms with Crippen molar-refractivity contribution in [2.75, 3.05) is 11.4 Å². The molecule has 0 aromatic heterocycles. The second kappa shape index (κ2) is 5.02. The first-order valence-corrected chi connectivity index (χ1v) is 7.22. The van der Waals surface area contributed by atoms with Crippen LogP contribution in [0.2, 0.25) is 0 Å². The number of benzene rings is 2. The van der Waals surface area contributed by atoms with Crippen molar-refractivity contribution in [2.45, 2.75) is 13.3 Å². The number of rotatable bonds is 1. The Morgan fingerprint density at radius 3 is 2.85 bits per heavy atom. The van der Waals surface area contributed by atoms with Crippen LogP contribution in [0.1, 0.15) is 21.5 Å². The van der Waals surface area contributed by atoms with E-state index in [2.05, 4.69) is 15.9 Å². The summed E-state index contributed by atoms with van der Waals surface area (Å²) in [5.74, 6) is -0.406. The molecule has 0 spiro atoms. The zero-order valence-electron chi connectivity index (χ0n) is 11.0. The van der Waals surface area contributed by atoms with E-state index in [1.807, 2.05) is 25.1 Å². The standard InChI is InChI=1S/C16H13BrFNO/c1-10-2-5-14(17)13(8-10)16(20)19-7-6-11-3-4-12(18)9-15(11)19/h2-5,8-9H,6-7H2,1H3. The maximum atomic E-state index is 13.4. The van der Waals surface area contributed by atoms with Crippen LogP contribution in [0.25, 0.3) is 0 Å². The van der Waals surface area contributed by atoms with E-state index in [-0.39, 0.29) is 11.7 Å². The van der Waals surface area contributed by atoms with Crippen LogP contribution in [0.3, 0.4) is 0 Å². The Hall–Kier alpha value is -1.68. The molecule has 1 aliphatic heterocycles. The van der Waals surface area contributed by atoms with E-state index < -0.39 is 0 Å². The topological polar surface area (TPSA) is 20.3 Å². The van der Waals surface area contributed by atoms with Crippen molar-refractivity contribution in [3.8, 4) is 0 Å². The highest BCUT2D eigenvalue weighted by atomic mass is 79.9. The van der Waals surface area contributed by atoms with Crippen molar-refractivity contribution in [1.29, 1.82) is 0 Å². The molecule has 0 atom stereocenters. The molecule has 1 amide bonds. The lowest BCUT2D eigenvalue weighted by Crippen LogP contribution is -2.29. The largest absolute Gasteiger partial charge is 0.308 e. The van der Waals surface area contributed by atoms with E-state index in [4.69, 9.17) is 0 Å². The molecular weight excluding hydrogens is 321 g/mol. The van der Waals surface area contributed by atoms with Gasteiger partial charge in [0.05, 0.1) is 11.3 Å². The van der Waals surface area contributed by atoms with Gasteiger partial charge < -0.3 is 4.90 Å². The summed E-state index contributed by atoms with van der Waals surface area (Å²) in [7, 11) is 0. The molecule has 0 bridgehead atoms. The van der Waals surface area contributed by atoms with Crippen LogP contribution < -0.4 is 4.90 Å². The fourth-order valence-electron chi connectivity index (χ4n) is 2.51. The summed E-state index contributed by atoms with van der Waals surface area (Å²) >= 11 is 3.41. The highest BCUT2D eigenvalue weighted by Gasteiger charge is 2.27. The third-order valence-electron chi connectivity index (χ3n) is 3.54. The number of anilines is 1. The van der Waals surface area contributed by atoms with Crippen LogP contribution in [0.4, 0.5) is 10.1 Å². The number of nitrogens with zero attached hydrogens (tertiary/aromatic N) is 1. The molecule has 0 saturated carbocycles. The fourth-order valence-corrected chi connectivity index (χ4v) is 2.93. The van der Waals surface area contributed by atoms with Crippen molar-refractivity contribution < 1.29 is 9.18 Å². The summed E-state index contributed by atoms with van der Waals surface area (Å²) in [6.45, 7) is 2.54. The number of carbonyl (C=O) groups excluding carboxylic acids is 1. The van der Waals surface area contributed by atoms with Gasteiger partial charge in [-0.05, 0) is 59.1 Å². The van der Waals surface area contributed by atoms with Gasteiger partial charge in [-0.3, -0.25) is 4.79 Å². The first-order chi connectivity index (χ1) is 9.56. The number of amides is 1. The summed E-state index contributed by atoms with van der Waals surface area (Å²) in [5, 5.41) is 0. The minimum absolute atomic E-state index is 0.0927. The van der Waals surface area contributed by atoms with Crippen molar-refractivity contribution in [2.24, 2.45) is 0 Å².